The summed E-state index contributed by atoms with van der Waals surface area (Å²) in [6.07, 6.45) is 28.4. The lowest BCUT2D eigenvalue weighted by Gasteiger charge is -2.45. The summed E-state index contributed by atoms with van der Waals surface area (Å²) in [5.74, 6) is -3.95. The van der Waals surface area contributed by atoms with Gasteiger partial charge in [0.1, 0.15) is 61.8 Å². The lowest BCUT2D eigenvalue weighted by Crippen LogP contribution is -2.67. The smallest absolute Gasteiger partial charge is 0.462 e. The van der Waals surface area contributed by atoms with Gasteiger partial charge in [-0.25, -0.2) is 18.9 Å². The predicted octanol–water partition coefficient (Wildman–Crippen LogP) is 26.1. The van der Waals surface area contributed by atoms with Gasteiger partial charge in [-0.05, 0) is 82.2 Å². The fourth-order valence-electron chi connectivity index (χ4n) is 14.0. The molecular weight excluding hydrogens is 1700 g/mol. The van der Waals surface area contributed by atoms with Crippen molar-refractivity contribution in [3.63, 3.8) is 0 Å². The van der Waals surface area contributed by atoms with Crippen LogP contribution in [-0.4, -0.2) is 124 Å². The van der Waals surface area contributed by atoms with E-state index in [9.17, 15) is 28.8 Å². The van der Waals surface area contributed by atoms with Crippen molar-refractivity contribution in [3.8, 4) is 11.5 Å². The average Bonchev–Trinajstić information content (AvgIpc) is 0.769. The molecule has 3 aromatic carbocycles. The van der Waals surface area contributed by atoms with E-state index in [4.69, 9.17) is 126 Å². The number of benzene rings is 3. The van der Waals surface area contributed by atoms with Crippen molar-refractivity contribution in [1.82, 2.24) is 10.6 Å². The number of ether oxygens (including phenoxy) is 9. The van der Waals surface area contributed by atoms with Crippen LogP contribution in [0.1, 0.15) is 342 Å². The molecule has 1 unspecified atom stereocenters. The normalized spacial score (nSPS) is 16.4. The summed E-state index contributed by atoms with van der Waals surface area (Å²) in [6, 6.07) is 20.5. The Labute approximate surface area is 753 Å². The fraction of sp³-hybridized carbons (Fsp3) is 0.728. The first-order valence-electron chi connectivity index (χ1n) is 45.2. The maximum atomic E-state index is 16.0. The lowest BCUT2D eigenvalue weighted by atomic mass is 9.96. The van der Waals surface area contributed by atoms with E-state index < -0.39 is 138 Å². The fourth-order valence-corrected chi connectivity index (χ4v) is 15.7. The zero-order valence-electron chi connectivity index (χ0n) is 73.0. The van der Waals surface area contributed by atoms with Gasteiger partial charge in [-0.2, -0.15) is 0 Å². The van der Waals surface area contributed by atoms with Crippen molar-refractivity contribution in [2.24, 2.45) is 0 Å². The third-order valence-electron chi connectivity index (χ3n) is 21.0. The summed E-state index contributed by atoms with van der Waals surface area (Å²) in [5, 5.41) is 5.35. The Bertz CT molecular complexity index is 3260. The number of hydrogen-bond donors (Lipinski definition) is 2. The third kappa shape index (κ3) is 51.4. The molecule has 0 spiro atoms. The molecule has 29 heteroatoms. The summed E-state index contributed by atoms with van der Waals surface area (Å²) in [7, 11) is -5.26. The van der Waals surface area contributed by atoms with Gasteiger partial charge >= 0.3 is 43.9 Å². The molecule has 8 atom stereocenters. The number of halogens is 6. The van der Waals surface area contributed by atoms with Crippen LogP contribution in [0.3, 0.4) is 0 Å². The third-order valence-corrected chi connectivity index (χ3v) is 24.1. The molecule has 688 valence electrons. The molecule has 0 bridgehead atoms. The maximum Gasteiger partial charge on any atom is 0.588 e. The van der Waals surface area contributed by atoms with Gasteiger partial charge in [0.25, 0.3) is 0 Å². The quantitative estimate of drug-likeness (QED) is 0.0175. The van der Waals surface area contributed by atoms with Gasteiger partial charge in [-0.15, -0.1) is 0 Å². The van der Waals surface area contributed by atoms with Crippen molar-refractivity contribution in [2.45, 2.75) is 406 Å². The highest BCUT2D eigenvalue weighted by atomic mass is 35.6. The Morgan fingerprint density at radius 3 is 1.28 bits per heavy atom. The minimum absolute atomic E-state index is 0.0577. The molecule has 0 aliphatic carbocycles. The molecule has 0 radical (unpaired) electrons. The number of alkyl halides is 6. The number of carbonyl (C=O) groups excluding carboxylic acids is 7. The largest absolute Gasteiger partial charge is 0.588 e. The van der Waals surface area contributed by atoms with Crippen molar-refractivity contribution >= 4 is 119 Å². The van der Waals surface area contributed by atoms with E-state index in [1.807, 2.05) is 0 Å². The second-order valence-corrected chi connectivity index (χ2v) is 38.6. The molecule has 0 saturated carbocycles. The summed E-state index contributed by atoms with van der Waals surface area (Å²) in [4.78, 5) is 102. The van der Waals surface area contributed by atoms with E-state index in [1.165, 1.54) is 122 Å². The van der Waals surface area contributed by atoms with E-state index in [0.29, 0.717) is 37.7 Å². The summed E-state index contributed by atoms with van der Waals surface area (Å²) >= 11 is 37.4. The number of para-hydroxylation sites is 2. The van der Waals surface area contributed by atoms with Crippen LogP contribution in [0.15, 0.2) is 91.0 Å². The Hall–Kier alpha value is -5.00. The minimum Gasteiger partial charge on any atom is -0.462 e. The molecule has 1 aliphatic rings. The molecule has 1 heterocycles. The average molecular weight is 1840 g/mol. The molecule has 4 rings (SSSR count). The Morgan fingerprint density at radius 1 is 0.471 bits per heavy atom. The van der Waals surface area contributed by atoms with E-state index in [0.717, 1.165) is 148 Å². The van der Waals surface area contributed by atoms with Crippen LogP contribution >= 0.6 is 77.4 Å². The van der Waals surface area contributed by atoms with Crippen LogP contribution < -0.4 is 19.7 Å². The molecule has 1 aliphatic heterocycles. The second-order valence-electron chi connectivity index (χ2n) is 32.3. The first-order chi connectivity index (χ1) is 58.2. The Kier molecular flexibility index (Phi) is 57.9. The van der Waals surface area contributed by atoms with Crippen LogP contribution in [0.25, 0.3) is 0 Å². The molecule has 0 aromatic heterocycles. The zero-order chi connectivity index (χ0) is 88.3. The predicted molar refractivity (Wildman–Crippen MR) is 479 cm³/mol. The number of phosphoric ester groups is 1. The molecule has 1 fully saturated rings. The van der Waals surface area contributed by atoms with Gasteiger partial charge < -0.3 is 62.3 Å². The molecule has 121 heavy (non-hydrogen) atoms. The lowest BCUT2D eigenvalue weighted by molar-refractivity contribution is -0.272. The maximum absolute atomic E-state index is 16.0. The highest BCUT2D eigenvalue weighted by Crippen LogP contribution is 2.53. The number of alkyl carbamates (subject to hydrolysis) is 1. The summed E-state index contributed by atoms with van der Waals surface area (Å²) in [6.45, 7) is 8.31. The van der Waals surface area contributed by atoms with Crippen molar-refractivity contribution < 1.29 is 94.3 Å². The molecule has 22 nitrogen and oxygen atoms in total. The molecular formula is C92H143Cl6N2O20P. The first-order valence-corrected chi connectivity index (χ1v) is 48.9. The second kappa shape index (κ2) is 64.7. The number of phosphoric acid groups is 1. The number of unbranched alkanes of at least 4 members (excludes halogenated alkanes) is 36. The minimum atomic E-state index is -5.26. The van der Waals surface area contributed by atoms with E-state index in [1.54, 1.807) is 66.7 Å². The Balaban J connectivity index is 1.89. The zero-order valence-corrected chi connectivity index (χ0v) is 78.4. The van der Waals surface area contributed by atoms with Gasteiger partial charge in [0.2, 0.25) is 13.5 Å². The van der Waals surface area contributed by atoms with Crippen LogP contribution in [0.5, 0.6) is 11.5 Å². The molecule has 3 aromatic rings. The summed E-state index contributed by atoms with van der Waals surface area (Å²) < 4.78 is 85.4. The number of nitrogens with one attached hydrogen (secondary N) is 2. The van der Waals surface area contributed by atoms with Gasteiger partial charge in [0.05, 0.1) is 19.4 Å². The summed E-state index contributed by atoms with van der Waals surface area (Å²) in [5.41, 5.74) is -1.29. The van der Waals surface area contributed by atoms with Crippen molar-refractivity contribution in [1.29, 1.82) is 0 Å². The Morgan fingerprint density at radius 2 is 0.868 bits per heavy atom. The standard InChI is InChI=1S/C92H143Cl6N2O20P/c1-7-11-15-19-23-27-29-33-37-41-54-64-80(102)113-75(62-48-39-35-31-25-21-17-13-9-3)66-79(101)99-77(86(105)109-68-72-56-46-43-47-57-72)69-110-87-83(100-88(106)112-71-91(93,94)95)85(116-82(104)67-76(63-49-40-36-32-26-22-18-14-10-4)114-81(103)65-55-42-38-34-30-28-24-20-16-12-8-2)84(78(115-87)70-111-89(107)117-90(5,6)92(96,97)98)120-121(108,118-73-58-50-44-51-59-73)119-74-60-52-45-53-61-74/h43-47,50-53,56-61,75-78,83-85,87H,7-42,48-49,54-55,62-71H2,1-6H3,(H,99,101)(H,100,106)/t75-,76-,77+,78-,83-,84-,85-,87?/m1/s1. The highest BCUT2D eigenvalue weighted by Gasteiger charge is 2.56. The van der Waals surface area contributed by atoms with Gasteiger partial charge in [-0.1, -0.05) is 395 Å². The van der Waals surface area contributed by atoms with Crippen LogP contribution in [0.2, 0.25) is 0 Å². The monoisotopic (exact) mass is 1840 g/mol. The van der Waals surface area contributed by atoms with Crippen molar-refractivity contribution in [2.75, 3.05) is 19.8 Å². The van der Waals surface area contributed by atoms with Crippen LogP contribution in [0.4, 0.5) is 9.59 Å². The number of hydrogen-bond acceptors (Lipinski definition) is 20. The number of amides is 2. The number of esters is 4. The molecule has 2 N–H and O–H groups in total. The molecule has 2 amide bonds. The SMILES string of the molecule is CCCCCCCCCCCCCC(=O)O[C@H](CCCCCCCCCCC)CC(=O)N[C@@H](COC1O[C@H](COC(=O)OC(C)(C)C(Cl)(Cl)Cl)[C@@H](OP(=O)(Oc2ccccc2)Oc2ccccc2)[C@H](OC(=O)C[C@@H](CCCCCCCCCCC)OC(=O)CCCCCCCCCCCCC)[C@H]1NC(=O)OCC(Cl)(Cl)Cl)C(=O)OCc1ccccc1. The topological polar surface area (TPSA) is 271 Å². The first kappa shape index (κ1) is 108. The van der Waals surface area contributed by atoms with Gasteiger partial charge in [0, 0.05) is 12.8 Å². The number of rotatable bonds is 69. The van der Waals surface area contributed by atoms with E-state index in [2.05, 4.69) is 38.3 Å². The van der Waals surface area contributed by atoms with Crippen LogP contribution in [0, 0.1) is 0 Å². The van der Waals surface area contributed by atoms with Gasteiger partial charge in [-0.3, -0.25) is 23.7 Å². The van der Waals surface area contributed by atoms with E-state index >= 15 is 9.36 Å². The highest BCUT2D eigenvalue weighted by molar-refractivity contribution is 7.49. The van der Waals surface area contributed by atoms with E-state index in [-0.39, 0.29) is 43.8 Å². The van der Waals surface area contributed by atoms with Crippen LogP contribution in [-0.2, 0) is 82.3 Å². The van der Waals surface area contributed by atoms with Crippen molar-refractivity contribution in [3.05, 3.63) is 96.6 Å². The van der Waals surface area contributed by atoms with Gasteiger partial charge in [0.15, 0.2) is 24.0 Å². The molecule has 1 saturated heterocycles. The number of carbonyl (C=O) groups is 7.